The van der Waals surface area contributed by atoms with E-state index in [9.17, 15) is 4.79 Å². The molecule has 0 spiro atoms. The standard InChI is InChI=1S/C10H15N3O/c14-10-4-6-11-8-13(10)7-1-5-12-9-2-3-9/h4,6,8-9,12H,1-3,5,7H2. The molecule has 0 amide bonds. The van der Waals surface area contributed by atoms with E-state index in [1.54, 1.807) is 10.9 Å². The lowest BCUT2D eigenvalue weighted by Crippen LogP contribution is -2.23. The average molecular weight is 193 g/mol. The van der Waals surface area contributed by atoms with Crippen LogP contribution in [-0.2, 0) is 6.54 Å². The lowest BCUT2D eigenvalue weighted by Gasteiger charge is -2.04. The Bertz CT molecular complexity index is 343. The van der Waals surface area contributed by atoms with Gasteiger partial charge in [-0.3, -0.25) is 9.36 Å². The fourth-order valence-corrected chi connectivity index (χ4v) is 1.39. The van der Waals surface area contributed by atoms with Gasteiger partial charge in [-0.05, 0) is 25.8 Å². The van der Waals surface area contributed by atoms with E-state index in [0.29, 0.717) is 0 Å². The van der Waals surface area contributed by atoms with Gasteiger partial charge in [0.2, 0.25) is 0 Å². The van der Waals surface area contributed by atoms with Gasteiger partial charge in [0.25, 0.3) is 5.56 Å². The summed E-state index contributed by atoms with van der Waals surface area (Å²) in [5, 5.41) is 3.41. The lowest BCUT2D eigenvalue weighted by atomic mass is 10.4. The first-order valence-electron chi connectivity index (χ1n) is 5.10. The Morgan fingerprint density at radius 1 is 1.57 bits per heavy atom. The van der Waals surface area contributed by atoms with Crippen LogP contribution in [0.2, 0.25) is 0 Å². The predicted molar refractivity (Wildman–Crippen MR) is 54.1 cm³/mol. The Hall–Kier alpha value is -1.16. The predicted octanol–water partition coefficient (Wildman–Crippen LogP) is 0.385. The maximum atomic E-state index is 11.3. The molecule has 0 atom stereocenters. The number of nitrogens with one attached hydrogen (secondary N) is 1. The summed E-state index contributed by atoms with van der Waals surface area (Å²) in [6, 6.07) is 2.24. The minimum Gasteiger partial charge on any atom is -0.314 e. The molecule has 1 aromatic heterocycles. The van der Waals surface area contributed by atoms with E-state index in [2.05, 4.69) is 10.3 Å². The molecule has 4 nitrogen and oxygen atoms in total. The summed E-state index contributed by atoms with van der Waals surface area (Å²) in [5.41, 5.74) is 0.0337. The molecule has 2 rings (SSSR count). The summed E-state index contributed by atoms with van der Waals surface area (Å²) in [5.74, 6) is 0. The first kappa shape index (κ1) is 9.40. The van der Waals surface area contributed by atoms with Gasteiger partial charge in [-0.1, -0.05) is 0 Å². The number of hydrogen-bond donors (Lipinski definition) is 1. The number of hydrogen-bond acceptors (Lipinski definition) is 3. The third-order valence-corrected chi connectivity index (χ3v) is 2.38. The van der Waals surface area contributed by atoms with Gasteiger partial charge in [0.05, 0.1) is 6.33 Å². The van der Waals surface area contributed by atoms with Crippen molar-refractivity contribution in [1.82, 2.24) is 14.9 Å². The minimum absolute atomic E-state index is 0.0337. The van der Waals surface area contributed by atoms with Crippen LogP contribution in [0.1, 0.15) is 19.3 Å². The maximum Gasteiger partial charge on any atom is 0.253 e. The van der Waals surface area contributed by atoms with Crippen molar-refractivity contribution in [3.8, 4) is 0 Å². The molecule has 1 heterocycles. The zero-order valence-electron chi connectivity index (χ0n) is 8.15. The van der Waals surface area contributed by atoms with Crippen LogP contribution in [0, 0.1) is 0 Å². The second-order valence-electron chi connectivity index (χ2n) is 3.69. The SMILES string of the molecule is O=c1ccncn1CCCNC1CC1. The van der Waals surface area contributed by atoms with Crippen LogP contribution in [0.15, 0.2) is 23.4 Å². The molecule has 1 aromatic rings. The van der Waals surface area contributed by atoms with Crippen LogP contribution in [0.4, 0.5) is 0 Å². The highest BCUT2D eigenvalue weighted by molar-refractivity contribution is 4.83. The Kier molecular flexibility index (Phi) is 2.93. The smallest absolute Gasteiger partial charge is 0.253 e. The van der Waals surface area contributed by atoms with Gasteiger partial charge >= 0.3 is 0 Å². The lowest BCUT2D eigenvalue weighted by molar-refractivity contribution is 0.563. The molecule has 1 aliphatic rings. The first-order valence-corrected chi connectivity index (χ1v) is 5.10. The zero-order valence-corrected chi connectivity index (χ0v) is 8.15. The van der Waals surface area contributed by atoms with Crippen molar-refractivity contribution in [3.63, 3.8) is 0 Å². The quantitative estimate of drug-likeness (QED) is 0.688. The van der Waals surface area contributed by atoms with E-state index in [0.717, 1.165) is 25.6 Å². The van der Waals surface area contributed by atoms with Crippen molar-refractivity contribution in [2.24, 2.45) is 0 Å². The fourth-order valence-electron chi connectivity index (χ4n) is 1.39. The van der Waals surface area contributed by atoms with E-state index in [4.69, 9.17) is 0 Å². The van der Waals surface area contributed by atoms with Gasteiger partial charge in [-0.2, -0.15) is 0 Å². The molecule has 0 radical (unpaired) electrons. The van der Waals surface area contributed by atoms with Gasteiger partial charge in [-0.15, -0.1) is 0 Å². The molecule has 76 valence electrons. The molecule has 0 aliphatic heterocycles. The van der Waals surface area contributed by atoms with Crippen LogP contribution in [-0.4, -0.2) is 22.1 Å². The summed E-state index contributed by atoms with van der Waals surface area (Å²) in [7, 11) is 0. The van der Waals surface area contributed by atoms with Crippen LogP contribution < -0.4 is 10.9 Å². The summed E-state index contributed by atoms with van der Waals surface area (Å²) >= 11 is 0. The third kappa shape index (κ3) is 2.67. The topological polar surface area (TPSA) is 46.9 Å². The molecular formula is C10H15N3O. The number of nitrogens with zero attached hydrogens (tertiary/aromatic N) is 2. The largest absolute Gasteiger partial charge is 0.314 e. The second-order valence-corrected chi connectivity index (χ2v) is 3.69. The van der Waals surface area contributed by atoms with E-state index in [-0.39, 0.29) is 5.56 Å². The summed E-state index contributed by atoms with van der Waals surface area (Å²) < 4.78 is 1.65. The van der Waals surface area contributed by atoms with Gasteiger partial charge in [0, 0.05) is 24.8 Å². The van der Waals surface area contributed by atoms with Gasteiger partial charge in [-0.25, -0.2) is 4.98 Å². The normalized spacial score (nSPS) is 15.7. The average Bonchev–Trinajstić information content (AvgIpc) is 2.99. The fraction of sp³-hybridized carbons (Fsp3) is 0.600. The third-order valence-electron chi connectivity index (χ3n) is 2.38. The van der Waals surface area contributed by atoms with Gasteiger partial charge in [0.1, 0.15) is 0 Å². The van der Waals surface area contributed by atoms with Crippen LogP contribution in [0.5, 0.6) is 0 Å². The minimum atomic E-state index is 0.0337. The molecule has 14 heavy (non-hydrogen) atoms. The number of aryl methyl sites for hydroxylation is 1. The molecule has 0 unspecified atom stereocenters. The zero-order chi connectivity index (χ0) is 9.80. The number of aromatic nitrogens is 2. The molecule has 1 fully saturated rings. The molecule has 1 saturated carbocycles. The van der Waals surface area contributed by atoms with Gasteiger partial charge < -0.3 is 5.32 Å². The summed E-state index contributed by atoms with van der Waals surface area (Å²) in [4.78, 5) is 15.2. The highest BCUT2D eigenvalue weighted by Crippen LogP contribution is 2.18. The molecular weight excluding hydrogens is 178 g/mol. The van der Waals surface area contributed by atoms with Gasteiger partial charge in [0.15, 0.2) is 0 Å². The summed E-state index contributed by atoms with van der Waals surface area (Å²) in [6.45, 7) is 1.75. The summed E-state index contributed by atoms with van der Waals surface area (Å²) in [6.07, 6.45) is 6.74. The number of rotatable bonds is 5. The second kappa shape index (κ2) is 4.37. The molecule has 0 aromatic carbocycles. The monoisotopic (exact) mass is 193 g/mol. The Balaban J connectivity index is 1.73. The van der Waals surface area contributed by atoms with E-state index in [1.807, 2.05) is 0 Å². The molecule has 0 bridgehead atoms. The highest BCUT2D eigenvalue weighted by atomic mass is 16.1. The Labute approximate surface area is 83.0 Å². The van der Waals surface area contributed by atoms with Crippen molar-refractivity contribution in [2.75, 3.05) is 6.54 Å². The van der Waals surface area contributed by atoms with Crippen molar-refractivity contribution < 1.29 is 0 Å². The van der Waals surface area contributed by atoms with Crippen molar-refractivity contribution in [1.29, 1.82) is 0 Å². The Morgan fingerprint density at radius 3 is 3.14 bits per heavy atom. The first-order chi connectivity index (χ1) is 6.86. The van der Waals surface area contributed by atoms with Crippen molar-refractivity contribution >= 4 is 0 Å². The molecule has 1 N–H and O–H groups in total. The Morgan fingerprint density at radius 2 is 2.43 bits per heavy atom. The molecule has 0 saturated heterocycles. The van der Waals surface area contributed by atoms with Crippen molar-refractivity contribution in [3.05, 3.63) is 28.9 Å². The van der Waals surface area contributed by atoms with Crippen LogP contribution >= 0.6 is 0 Å². The molecule has 4 heteroatoms. The van der Waals surface area contributed by atoms with E-state index in [1.165, 1.54) is 25.1 Å². The molecule has 1 aliphatic carbocycles. The van der Waals surface area contributed by atoms with E-state index >= 15 is 0 Å². The highest BCUT2D eigenvalue weighted by Gasteiger charge is 2.19. The van der Waals surface area contributed by atoms with Crippen LogP contribution in [0.3, 0.4) is 0 Å². The van der Waals surface area contributed by atoms with Crippen molar-refractivity contribution in [2.45, 2.75) is 31.8 Å². The van der Waals surface area contributed by atoms with E-state index < -0.39 is 0 Å². The van der Waals surface area contributed by atoms with Crippen LogP contribution in [0.25, 0.3) is 0 Å². The maximum absolute atomic E-state index is 11.3.